The van der Waals surface area contributed by atoms with Crippen molar-refractivity contribution in [1.29, 1.82) is 0 Å². The van der Waals surface area contributed by atoms with Gasteiger partial charge in [0.1, 0.15) is 5.82 Å². The molecule has 1 aliphatic heterocycles. The number of aryl methyl sites for hydroxylation is 1. The van der Waals surface area contributed by atoms with Crippen molar-refractivity contribution in [3.8, 4) is 0 Å². The van der Waals surface area contributed by atoms with Gasteiger partial charge in [0.05, 0.1) is 0 Å². The second-order valence-corrected chi connectivity index (χ2v) is 5.18. The Morgan fingerprint density at radius 3 is 2.68 bits per heavy atom. The SMILES string of the molecule is CCc1ccc2c(c1)CC(c1ccc(F)cc1)CN2. The maximum absolute atomic E-state index is 13.0. The van der Waals surface area contributed by atoms with E-state index in [1.165, 1.54) is 22.4 Å². The summed E-state index contributed by atoms with van der Waals surface area (Å²) in [6, 6.07) is 13.5. The third-order valence-corrected chi connectivity index (χ3v) is 3.92. The molecule has 0 saturated carbocycles. The van der Waals surface area contributed by atoms with E-state index in [0.717, 1.165) is 19.4 Å². The first kappa shape index (κ1) is 12.2. The molecule has 2 aromatic carbocycles. The summed E-state index contributed by atoms with van der Waals surface area (Å²) in [7, 11) is 0. The maximum atomic E-state index is 13.0. The second kappa shape index (κ2) is 5.04. The van der Waals surface area contributed by atoms with Gasteiger partial charge in [0, 0.05) is 18.2 Å². The van der Waals surface area contributed by atoms with E-state index in [9.17, 15) is 4.39 Å². The van der Waals surface area contributed by atoms with Crippen LogP contribution < -0.4 is 5.32 Å². The lowest BCUT2D eigenvalue weighted by atomic mass is 9.87. The monoisotopic (exact) mass is 255 g/mol. The van der Waals surface area contributed by atoms with Crippen molar-refractivity contribution < 1.29 is 4.39 Å². The van der Waals surface area contributed by atoms with Crippen molar-refractivity contribution in [2.45, 2.75) is 25.7 Å². The minimum absolute atomic E-state index is 0.166. The predicted octanol–water partition coefficient (Wildman–Crippen LogP) is 4.14. The molecule has 2 aromatic rings. The lowest BCUT2D eigenvalue weighted by molar-refractivity contribution is 0.623. The molecule has 0 bridgehead atoms. The van der Waals surface area contributed by atoms with Gasteiger partial charge in [0.2, 0.25) is 0 Å². The van der Waals surface area contributed by atoms with Crippen LogP contribution in [0.5, 0.6) is 0 Å². The van der Waals surface area contributed by atoms with Gasteiger partial charge in [-0.25, -0.2) is 4.39 Å². The van der Waals surface area contributed by atoms with Crippen molar-refractivity contribution in [3.05, 3.63) is 65.0 Å². The van der Waals surface area contributed by atoms with Gasteiger partial charge in [0.25, 0.3) is 0 Å². The highest BCUT2D eigenvalue weighted by molar-refractivity contribution is 5.56. The molecular weight excluding hydrogens is 237 g/mol. The molecule has 0 fully saturated rings. The van der Waals surface area contributed by atoms with Crippen LogP contribution in [0.15, 0.2) is 42.5 Å². The molecule has 1 atom stereocenters. The molecule has 1 aliphatic rings. The first-order valence-corrected chi connectivity index (χ1v) is 6.87. The average Bonchev–Trinajstić information content (AvgIpc) is 2.47. The number of benzene rings is 2. The van der Waals surface area contributed by atoms with Gasteiger partial charge < -0.3 is 5.32 Å². The second-order valence-electron chi connectivity index (χ2n) is 5.18. The van der Waals surface area contributed by atoms with Gasteiger partial charge in [-0.1, -0.05) is 31.2 Å². The summed E-state index contributed by atoms with van der Waals surface area (Å²) in [6.45, 7) is 3.10. The highest BCUT2D eigenvalue weighted by Crippen LogP contribution is 2.31. The Balaban J connectivity index is 1.86. The minimum Gasteiger partial charge on any atom is -0.384 e. The molecule has 0 radical (unpaired) electrons. The van der Waals surface area contributed by atoms with Crippen molar-refractivity contribution in [2.75, 3.05) is 11.9 Å². The van der Waals surface area contributed by atoms with Crippen LogP contribution in [0.1, 0.15) is 29.5 Å². The molecule has 0 aliphatic carbocycles. The molecule has 1 heterocycles. The molecule has 2 heteroatoms. The van der Waals surface area contributed by atoms with E-state index < -0.39 is 0 Å². The van der Waals surface area contributed by atoms with E-state index in [1.807, 2.05) is 12.1 Å². The van der Waals surface area contributed by atoms with Gasteiger partial charge in [-0.05, 0) is 47.7 Å². The molecule has 0 aromatic heterocycles. The quantitative estimate of drug-likeness (QED) is 0.850. The zero-order valence-corrected chi connectivity index (χ0v) is 11.1. The van der Waals surface area contributed by atoms with Crippen LogP contribution in [0.2, 0.25) is 0 Å². The van der Waals surface area contributed by atoms with E-state index >= 15 is 0 Å². The molecule has 1 nitrogen and oxygen atoms in total. The Morgan fingerprint density at radius 1 is 1.16 bits per heavy atom. The zero-order valence-electron chi connectivity index (χ0n) is 11.1. The van der Waals surface area contributed by atoms with Gasteiger partial charge in [-0.3, -0.25) is 0 Å². The number of halogens is 1. The average molecular weight is 255 g/mol. The molecule has 0 spiro atoms. The molecule has 98 valence electrons. The highest BCUT2D eigenvalue weighted by atomic mass is 19.1. The lowest BCUT2D eigenvalue weighted by Gasteiger charge is -2.27. The predicted molar refractivity (Wildman–Crippen MR) is 77.2 cm³/mol. The summed E-state index contributed by atoms with van der Waals surface area (Å²) in [5, 5.41) is 3.48. The Morgan fingerprint density at radius 2 is 1.95 bits per heavy atom. The number of hydrogen-bond donors (Lipinski definition) is 1. The number of anilines is 1. The van der Waals surface area contributed by atoms with Crippen LogP contribution in [-0.4, -0.2) is 6.54 Å². The first-order valence-electron chi connectivity index (χ1n) is 6.87. The summed E-state index contributed by atoms with van der Waals surface area (Å²) in [6.07, 6.45) is 2.09. The summed E-state index contributed by atoms with van der Waals surface area (Å²) >= 11 is 0. The van der Waals surface area contributed by atoms with E-state index in [1.54, 1.807) is 12.1 Å². The highest BCUT2D eigenvalue weighted by Gasteiger charge is 2.19. The fourth-order valence-electron chi connectivity index (χ4n) is 2.75. The van der Waals surface area contributed by atoms with E-state index in [2.05, 4.69) is 30.4 Å². The van der Waals surface area contributed by atoms with Crippen molar-refractivity contribution in [3.63, 3.8) is 0 Å². The molecule has 0 saturated heterocycles. The summed E-state index contributed by atoms with van der Waals surface area (Å²) < 4.78 is 13.0. The third kappa shape index (κ3) is 2.48. The van der Waals surface area contributed by atoms with Crippen LogP contribution >= 0.6 is 0 Å². The third-order valence-electron chi connectivity index (χ3n) is 3.92. The number of nitrogens with one attached hydrogen (secondary N) is 1. The van der Waals surface area contributed by atoms with Gasteiger partial charge in [-0.2, -0.15) is 0 Å². The Kier molecular flexibility index (Phi) is 3.24. The number of rotatable bonds is 2. The van der Waals surface area contributed by atoms with E-state index in [4.69, 9.17) is 0 Å². The van der Waals surface area contributed by atoms with Crippen LogP contribution in [0.25, 0.3) is 0 Å². The smallest absolute Gasteiger partial charge is 0.123 e. The molecule has 19 heavy (non-hydrogen) atoms. The Bertz CT molecular complexity index is 574. The fourth-order valence-corrected chi connectivity index (χ4v) is 2.75. The van der Waals surface area contributed by atoms with Gasteiger partial charge in [0.15, 0.2) is 0 Å². The molecule has 1 N–H and O–H groups in total. The normalized spacial score (nSPS) is 17.7. The van der Waals surface area contributed by atoms with Crippen LogP contribution in [-0.2, 0) is 12.8 Å². The standard InChI is InChI=1S/C17H18FN/c1-2-12-3-8-17-14(9-12)10-15(11-19-17)13-4-6-16(18)7-5-13/h3-9,15,19H,2,10-11H2,1H3. The molecule has 3 rings (SSSR count). The van der Waals surface area contributed by atoms with Gasteiger partial charge >= 0.3 is 0 Å². The largest absolute Gasteiger partial charge is 0.384 e. The topological polar surface area (TPSA) is 12.0 Å². The van der Waals surface area contributed by atoms with Crippen molar-refractivity contribution >= 4 is 5.69 Å². The Labute approximate surface area is 113 Å². The van der Waals surface area contributed by atoms with Crippen molar-refractivity contribution in [2.24, 2.45) is 0 Å². The lowest BCUT2D eigenvalue weighted by Crippen LogP contribution is -2.21. The summed E-state index contributed by atoms with van der Waals surface area (Å²) in [5.74, 6) is 0.265. The summed E-state index contributed by atoms with van der Waals surface area (Å²) in [4.78, 5) is 0. The van der Waals surface area contributed by atoms with E-state index in [0.29, 0.717) is 5.92 Å². The Hall–Kier alpha value is -1.83. The minimum atomic E-state index is -0.166. The molecule has 1 unspecified atom stereocenters. The summed E-state index contributed by atoms with van der Waals surface area (Å²) in [5.41, 5.74) is 5.21. The number of fused-ring (bicyclic) bond motifs is 1. The van der Waals surface area contributed by atoms with Crippen LogP contribution in [0.4, 0.5) is 10.1 Å². The van der Waals surface area contributed by atoms with Gasteiger partial charge in [-0.15, -0.1) is 0 Å². The van der Waals surface area contributed by atoms with E-state index in [-0.39, 0.29) is 5.82 Å². The van der Waals surface area contributed by atoms with Crippen LogP contribution in [0.3, 0.4) is 0 Å². The maximum Gasteiger partial charge on any atom is 0.123 e. The first-order chi connectivity index (χ1) is 9.26. The van der Waals surface area contributed by atoms with Crippen LogP contribution in [0, 0.1) is 5.82 Å². The molecule has 0 amide bonds. The fraction of sp³-hybridized carbons (Fsp3) is 0.294. The molecular formula is C17H18FN. The zero-order chi connectivity index (χ0) is 13.2. The van der Waals surface area contributed by atoms with Crippen molar-refractivity contribution in [1.82, 2.24) is 0 Å². The number of hydrogen-bond acceptors (Lipinski definition) is 1.